The fraction of sp³-hybridized carbons (Fsp3) is 0.333. The van der Waals surface area contributed by atoms with E-state index in [1.807, 2.05) is 12.1 Å². The molecule has 2 aromatic rings. The molecule has 0 saturated carbocycles. The van der Waals surface area contributed by atoms with E-state index in [2.05, 4.69) is 48.6 Å². The quantitative estimate of drug-likeness (QED) is 0.919. The van der Waals surface area contributed by atoms with Crippen molar-refractivity contribution in [2.24, 2.45) is 0 Å². The fourth-order valence-electron chi connectivity index (χ4n) is 3.05. The number of methoxy groups -OCH3 is 1. The van der Waals surface area contributed by atoms with E-state index in [0.29, 0.717) is 0 Å². The van der Waals surface area contributed by atoms with Gasteiger partial charge in [-0.1, -0.05) is 48.0 Å². The van der Waals surface area contributed by atoms with E-state index in [1.165, 1.54) is 16.7 Å². The molecule has 0 aliphatic carbocycles. The first kappa shape index (κ1) is 13.2. The Hall–Kier alpha value is -1.80. The first-order valence-electron chi connectivity index (χ1n) is 7.13. The topological polar surface area (TPSA) is 21.3 Å². The van der Waals surface area contributed by atoms with Crippen LogP contribution >= 0.6 is 0 Å². The van der Waals surface area contributed by atoms with E-state index >= 15 is 0 Å². The summed E-state index contributed by atoms with van der Waals surface area (Å²) in [4.78, 5) is 0. The number of hydrogen-bond acceptors (Lipinski definition) is 2. The Balaban J connectivity index is 1.94. The highest BCUT2D eigenvalue weighted by atomic mass is 16.5. The Morgan fingerprint density at radius 1 is 1.10 bits per heavy atom. The lowest BCUT2D eigenvalue weighted by Crippen LogP contribution is -2.58. The van der Waals surface area contributed by atoms with Crippen LogP contribution in [0.25, 0.3) is 0 Å². The van der Waals surface area contributed by atoms with E-state index in [1.54, 1.807) is 7.11 Å². The average molecular weight is 267 g/mol. The molecule has 2 heteroatoms. The summed E-state index contributed by atoms with van der Waals surface area (Å²) in [6, 6.07) is 17.2. The molecule has 1 saturated heterocycles. The number of ether oxygens (including phenoxy) is 1. The molecule has 2 nitrogen and oxygen atoms in total. The smallest absolute Gasteiger partial charge is 0.122 e. The van der Waals surface area contributed by atoms with Crippen LogP contribution in [0.3, 0.4) is 0 Å². The third-order valence-corrected chi connectivity index (χ3v) is 4.28. The third-order valence-electron chi connectivity index (χ3n) is 4.28. The van der Waals surface area contributed by atoms with E-state index in [0.717, 1.165) is 25.3 Å². The Morgan fingerprint density at radius 2 is 1.90 bits per heavy atom. The van der Waals surface area contributed by atoms with Crippen molar-refractivity contribution in [2.45, 2.75) is 18.8 Å². The molecule has 0 radical (unpaired) electrons. The minimum absolute atomic E-state index is 0.209. The molecule has 2 aromatic carbocycles. The molecule has 104 valence electrons. The maximum atomic E-state index is 5.50. The molecule has 1 aliphatic rings. The Kier molecular flexibility index (Phi) is 3.49. The molecule has 1 fully saturated rings. The van der Waals surface area contributed by atoms with Crippen LogP contribution in [0.1, 0.15) is 16.7 Å². The molecule has 1 N–H and O–H groups in total. The van der Waals surface area contributed by atoms with Gasteiger partial charge in [-0.3, -0.25) is 0 Å². The lowest BCUT2D eigenvalue weighted by molar-refractivity contribution is 0.271. The van der Waals surface area contributed by atoms with Gasteiger partial charge in [0.1, 0.15) is 5.75 Å². The van der Waals surface area contributed by atoms with Crippen LogP contribution in [0.5, 0.6) is 5.75 Å². The highest BCUT2D eigenvalue weighted by Crippen LogP contribution is 2.35. The van der Waals surface area contributed by atoms with Gasteiger partial charge in [0.05, 0.1) is 7.11 Å². The number of hydrogen-bond donors (Lipinski definition) is 1. The SMILES string of the molecule is COc1ccccc1CC1(c2cccc(C)c2)CNC1. The molecular formula is C18H21NO. The summed E-state index contributed by atoms with van der Waals surface area (Å²) in [7, 11) is 1.75. The molecule has 0 atom stereocenters. The molecular weight excluding hydrogens is 246 g/mol. The van der Waals surface area contributed by atoms with Gasteiger partial charge >= 0.3 is 0 Å². The Morgan fingerprint density at radius 3 is 2.55 bits per heavy atom. The summed E-state index contributed by atoms with van der Waals surface area (Å²) < 4.78 is 5.50. The average Bonchev–Trinajstić information content (AvgIpc) is 2.43. The highest BCUT2D eigenvalue weighted by Gasteiger charge is 2.39. The van der Waals surface area contributed by atoms with Gasteiger partial charge in [0.15, 0.2) is 0 Å². The Bertz CT molecular complexity index is 602. The number of rotatable bonds is 4. The van der Waals surface area contributed by atoms with Crippen LogP contribution in [-0.2, 0) is 11.8 Å². The van der Waals surface area contributed by atoms with Gasteiger partial charge in [0.2, 0.25) is 0 Å². The summed E-state index contributed by atoms with van der Waals surface area (Å²) in [6.45, 7) is 4.23. The minimum atomic E-state index is 0.209. The van der Waals surface area contributed by atoms with Crippen LogP contribution in [0.15, 0.2) is 48.5 Å². The van der Waals surface area contributed by atoms with Crippen LogP contribution in [0.4, 0.5) is 0 Å². The predicted octanol–water partition coefficient (Wildman–Crippen LogP) is 3.09. The lowest BCUT2D eigenvalue weighted by atomic mass is 9.70. The van der Waals surface area contributed by atoms with Gasteiger partial charge in [0, 0.05) is 18.5 Å². The largest absolute Gasteiger partial charge is 0.496 e. The summed E-state index contributed by atoms with van der Waals surface area (Å²) in [5, 5.41) is 3.44. The molecule has 0 aromatic heterocycles. The fourth-order valence-corrected chi connectivity index (χ4v) is 3.05. The van der Waals surface area contributed by atoms with Crippen molar-refractivity contribution in [3.8, 4) is 5.75 Å². The van der Waals surface area contributed by atoms with Gasteiger partial charge < -0.3 is 10.1 Å². The molecule has 0 bridgehead atoms. The lowest BCUT2D eigenvalue weighted by Gasteiger charge is -2.44. The second-order valence-corrected chi connectivity index (χ2v) is 5.74. The van der Waals surface area contributed by atoms with Crippen LogP contribution in [0.2, 0.25) is 0 Å². The van der Waals surface area contributed by atoms with E-state index in [9.17, 15) is 0 Å². The summed E-state index contributed by atoms with van der Waals surface area (Å²) in [5.41, 5.74) is 4.26. The summed E-state index contributed by atoms with van der Waals surface area (Å²) in [5.74, 6) is 0.992. The van der Waals surface area contributed by atoms with Crippen LogP contribution in [-0.4, -0.2) is 20.2 Å². The zero-order chi connectivity index (χ0) is 14.0. The molecule has 1 heterocycles. The van der Waals surface area contributed by atoms with Gasteiger partial charge in [-0.2, -0.15) is 0 Å². The van der Waals surface area contributed by atoms with Crippen LogP contribution in [0, 0.1) is 6.92 Å². The second-order valence-electron chi connectivity index (χ2n) is 5.74. The zero-order valence-corrected chi connectivity index (χ0v) is 12.1. The van der Waals surface area contributed by atoms with Crippen molar-refractivity contribution in [1.29, 1.82) is 0 Å². The first-order chi connectivity index (χ1) is 9.73. The Labute approximate surface area is 120 Å². The van der Waals surface area contributed by atoms with Gasteiger partial charge in [-0.05, 0) is 30.5 Å². The number of para-hydroxylation sites is 1. The normalized spacial score (nSPS) is 16.5. The van der Waals surface area contributed by atoms with Crippen molar-refractivity contribution in [3.63, 3.8) is 0 Å². The van der Waals surface area contributed by atoms with E-state index in [-0.39, 0.29) is 5.41 Å². The third kappa shape index (κ3) is 2.32. The maximum Gasteiger partial charge on any atom is 0.122 e. The number of nitrogens with one attached hydrogen (secondary N) is 1. The van der Waals surface area contributed by atoms with Crippen molar-refractivity contribution in [3.05, 3.63) is 65.2 Å². The minimum Gasteiger partial charge on any atom is -0.496 e. The molecule has 20 heavy (non-hydrogen) atoms. The van der Waals surface area contributed by atoms with Crippen molar-refractivity contribution in [1.82, 2.24) is 5.32 Å². The second kappa shape index (κ2) is 5.29. The standard InChI is InChI=1S/C18H21NO/c1-14-6-5-8-16(10-14)18(12-19-13-18)11-15-7-3-4-9-17(15)20-2/h3-10,19H,11-13H2,1-2H3. The van der Waals surface area contributed by atoms with Gasteiger partial charge in [-0.25, -0.2) is 0 Å². The molecule has 3 rings (SSSR count). The van der Waals surface area contributed by atoms with Gasteiger partial charge in [-0.15, -0.1) is 0 Å². The number of aryl methyl sites for hydroxylation is 1. The molecule has 0 unspecified atom stereocenters. The highest BCUT2D eigenvalue weighted by molar-refractivity contribution is 5.40. The first-order valence-corrected chi connectivity index (χ1v) is 7.13. The van der Waals surface area contributed by atoms with E-state index < -0.39 is 0 Å². The van der Waals surface area contributed by atoms with Crippen molar-refractivity contribution < 1.29 is 4.74 Å². The van der Waals surface area contributed by atoms with E-state index in [4.69, 9.17) is 4.74 Å². The van der Waals surface area contributed by atoms with Gasteiger partial charge in [0.25, 0.3) is 0 Å². The predicted molar refractivity (Wildman–Crippen MR) is 82.4 cm³/mol. The molecule has 0 amide bonds. The molecule has 1 aliphatic heterocycles. The summed E-state index contributed by atoms with van der Waals surface area (Å²) in [6.07, 6.45) is 1.02. The monoisotopic (exact) mass is 267 g/mol. The van der Waals surface area contributed by atoms with Crippen LogP contribution < -0.4 is 10.1 Å². The van der Waals surface area contributed by atoms with Crippen molar-refractivity contribution >= 4 is 0 Å². The summed E-state index contributed by atoms with van der Waals surface area (Å²) >= 11 is 0. The zero-order valence-electron chi connectivity index (χ0n) is 12.1. The maximum absolute atomic E-state index is 5.50. The molecule has 0 spiro atoms. The number of benzene rings is 2. The van der Waals surface area contributed by atoms with Crippen molar-refractivity contribution in [2.75, 3.05) is 20.2 Å².